The van der Waals surface area contributed by atoms with Gasteiger partial charge in [-0.05, 0) is 86.8 Å². The van der Waals surface area contributed by atoms with Gasteiger partial charge in [0.15, 0.2) is 0 Å². The van der Waals surface area contributed by atoms with Crippen LogP contribution in [0.5, 0.6) is 0 Å². The van der Waals surface area contributed by atoms with Crippen LogP contribution in [0.4, 0.5) is 32.0 Å². The highest BCUT2D eigenvalue weighted by atomic mass is 19.4. The van der Waals surface area contributed by atoms with E-state index in [1.807, 2.05) is 13.8 Å². The Morgan fingerprint density at radius 2 is 1.71 bits per heavy atom. The van der Waals surface area contributed by atoms with E-state index >= 15 is 0 Å². The molecular weight excluding hydrogens is 607 g/mol. The zero-order chi connectivity index (χ0) is 32.8. The van der Waals surface area contributed by atoms with Gasteiger partial charge in [-0.3, -0.25) is 9.59 Å². The Labute approximate surface area is 255 Å². The fourth-order valence-corrected chi connectivity index (χ4v) is 6.86. The molecule has 2 aromatic rings. The topological polar surface area (TPSA) is 100 Å². The average Bonchev–Trinajstić information content (AvgIpc) is 3.51. The van der Waals surface area contributed by atoms with Gasteiger partial charge >= 0.3 is 19.5 Å². The zero-order valence-corrected chi connectivity index (χ0v) is 24.5. The van der Waals surface area contributed by atoms with Gasteiger partial charge in [-0.25, -0.2) is 4.90 Å². The Morgan fingerprint density at radius 1 is 1.04 bits per heavy atom. The number of alkyl halides is 6. The Bertz CT molecular complexity index is 1500. The fourth-order valence-electron chi connectivity index (χ4n) is 6.86. The van der Waals surface area contributed by atoms with Crippen molar-refractivity contribution in [1.82, 2.24) is 0 Å². The van der Waals surface area contributed by atoms with Crippen LogP contribution in [0.15, 0.2) is 51.5 Å². The molecule has 1 aromatic heterocycles. The van der Waals surface area contributed by atoms with Gasteiger partial charge in [0.25, 0.3) is 0 Å². The summed E-state index contributed by atoms with van der Waals surface area (Å²) < 4.78 is 93.1. The number of anilines is 1. The van der Waals surface area contributed by atoms with E-state index in [1.165, 1.54) is 0 Å². The molecule has 5 rings (SSSR count). The number of hydrogen-bond donors (Lipinski definition) is 2. The van der Waals surface area contributed by atoms with Gasteiger partial charge < -0.3 is 19.2 Å². The van der Waals surface area contributed by atoms with Crippen LogP contribution in [0.2, 0.25) is 6.32 Å². The molecule has 0 spiro atoms. The molecule has 0 radical (unpaired) electrons. The molecule has 3 aliphatic rings. The minimum absolute atomic E-state index is 0.0470. The van der Waals surface area contributed by atoms with Gasteiger partial charge in [-0.15, -0.1) is 0 Å². The van der Waals surface area contributed by atoms with Crippen molar-refractivity contribution in [3.63, 3.8) is 0 Å². The lowest BCUT2D eigenvalue weighted by Crippen LogP contribution is -2.46. The number of hydrogen-bond acceptors (Lipinski definition) is 6. The molecule has 2 fully saturated rings. The summed E-state index contributed by atoms with van der Waals surface area (Å²) in [7, 11) is -1.30. The maximum absolute atomic E-state index is 13.9. The van der Waals surface area contributed by atoms with Crippen molar-refractivity contribution in [2.45, 2.75) is 77.3 Å². The highest BCUT2D eigenvalue weighted by Crippen LogP contribution is 2.52. The van der Waals surface area contributed by atoms with Gasteiger partial charge in [0.2, 0.25) is 11.8 Å². The standard InChI is InChI=1S/C31H32BF6NO6/c1-3-4-17-10-23-27(29(42)39(28(23)41)20-12-18(30(33,34)35)11-19(13-20)31(36,37)38)24-14-32(43)45-25(26(17)24)8-5-16(2)9-21-6-7-22(15-40)44-21/h6-7,9,11-13,23-25,27,40,43H,3-5,8,10,14-15H2,1-2H3/b16-9+/t23-,24+,25-,27-/m1/s1. The Hall–Kier alpha value is -3.36. The largest absolute Gasteiger partial charge is 0.459 e. The lowest BCUT2D eigenvalue weighted by molar-refractivity contribution is -0.143. The number of aliphatic hydroxyl groups excluding tert-OH is 1. The van der Waals surface area contributed by atoms with E-state index in [0.717, 1.165) is 16.7 Å². The number of halogens is 6. The summed E-state index contributed by atoms with van der Waals surface area (Å²) in [6.07, 6.45) is -6.95. The van der Waals surface area contributed by atoms with Crippen molar-refractivity contribution in [1.29, 1.82) is 0 Å². The molecule has 2 amide bonds. The summed E-state index contributed by atoms with van der Waals surface area (Å²) in [5, 5.41) is 19.9. The van der Waals surface area contributed by atoms with Crippen LogP contribution in [0.1, 0.15) is 68.6 Å². The number of allylic oxidation sites excluding steroid dienone is 2. The second-order valence-corrected chi connectivity index (χ2v) is 11.8. The number of aliphatic hydroxyl groups is 1. The second-order valence-electron chi connectivity index (χ2n) is 11.8. The molecule has 14 heteroatoms. The van der Waals surface area contributed by atoms with E-state index in [2.05, 4.69) is 0 Å². The highest BCUT2D eigenvalue weighted by molar-refractivity contribution is 6.43. The van der Waals surface area contributed by atoms with Crippen molar-refractivity contribution in [3.05, 3.63) is 69.7 Å². The summed E-state index contributed by atoms with van der Waals surface area (Å²) in [6.45, 7) is 3.56. The number of imide groups is 1. The van der Waals surface area contributed by atoms with E-state index in [0.29, 0.717) is 54.2 Å². The fraction of sp³-hybridized carbons (Fsp3) is 0.484. The number of rotatable bonds is 8. The van der Waals surface area contributed by atoms with Crippen molar-refractivity contribution in [3.8, 4) is 0 Å². The van der Waals surface area contributed by atoms with E-state index in [1.54, 1.807) is 18.2 Å². The molecule has 4 atom stereocenters. The molecule has 2 aliphatic heterocycles. The van der Waals surface area contributed by atoms with Crippen LogP contribution in [-0.2, 0) is 33.2 Å². The van der Waals surface area contributed by atoms with Crippen LogP contribution in [0.3, 0.4) is 0 Å². The van der Waals surface area contributed by atoms with Crippen molar-refractivity contribution < 1.29 is 55.1 Å². The van der Waals surface area contributed by atoms with Gasteiger partial charge in [0.1, 0.15) is 18.1 Å². The molecule has 45 heavy (non-hydrogen) atoms. The van der Waals surface area contributed by atoms with Crippen LogP contribution < -0.4 is 4.90 Å². The van der Waals surface area contributed by atoms with Crippen LogP contribution in [0.25, 0.3) is 6.08 Å². The minimum Gasteiger partial charge on any atom is -0.459 e. The number of benzene rings is 1. The van der Waals surface area contributed by atoms with Crippen LogP contribution >= 0.6 is 0 Å². The van der Waals surface area contributed by atoms with Crippen molar-refractivity contribution in [2.24, 2.45) is 17.8 Å². The average molecular weight is 639 g/mol. The van der Waals surface area contributed by atoms with Crippen LogP contribution in [0, 0.1) is 17.8 Å². The number of amides is 2. The second kappa shape index (κ2) is 12.4. The lowest BCUT2D eigenvalue weighted by Gasteiger charge is -2.43. The van der Waals surface area contributed by atoms with Crippen molar-refractivity contribution in [2.75, 3.05) is 4.90 Å². The predicted molar refractivity (Wildman–Crippen MR) is 151 cm³/mol. The molecule has 2 N–H and O–H groups in total. The molecule has 3 heterocycles. The van der Waals surface area contributed by atoms with Gasteiger partial charge in [-0.2, -0.15) is 26.3 Å². The molecule has 2 saturated heterocycles. The molecular formula is C31H32BF6NO6. The lowest BCUT2D eigenvalue weighted by atomic mass is 9.58. The van der Waals surface area contributed by atoms with E-state index in [9.17, 15) is 46.1 Å². The van der Waals surface area contributed by atoms with Crippen LogP contribution in [-0.4, -0.2) is 35.2 Å². The number of furan rings is 1. The molecule has 1 aromatic carbocycles. The molecule has 1 aliphatic carbocycles. The summed E-state index contributed by atoms with van der Waals surface area (Å²) in [6, 6.07) is 4.10. The zero-order valence-electron chi connectivity index (χ0n) is 24.5. The first-order chi connectivity index (χ1) is 21.1. The summed E-state index contributed by atoms with van der Waals surface area (Å²) in [4.78, 5) is 28.0. The SMILES string of the molecule is CCCC1=C2[C@@H](CC/C(C)=C/c3ccc(CO)o3)OB(O)C[C@@H]2[C@@H]2C(=O)N(c3cc(C(F)(F)F)cc(C(F)(F)F)c3)C(=O)[C@@H]2C1. The van der Waals surface area contributed by atoms with Crippen molar-refractivity contribution >= 4 is 30.7 Å². The third kappa shape index (κ3) is 6.64. The van der Waals surface area contributed by atoms with Gasteiger partial charge in [0, 0.05) is 0 Å². The highest BCUT2D eigenvalue weighted by Gasteiger charge is 2.58. The first kappa shape index (κ1) is 33.0. The Balaban J connectivity index is 1.47. The maximum Gasteiger partial charge on any atom is 0.455 e. The third-order valence-corrected chi connectivity index (χ3v) is 8.72. The summed E-state index contributed by atoms with van der Waals surface area (Å²) in [5.74, 6) is -3.55. The first-order valence-corrected chi connectivity index (χ1v) is 14.7. The van der Waals surface area contributed by atoms with E-state index in [-0.39, 0.29) is 25.4 Å². The summed E-state index contributed by atoms with van der Waals surface area (Å²) in [5.41, 5.74) is -1.51. The quantitative estimate of drug-likeness (QED) is 0.143. The molecule has 242 valence electrons. The summed E-state index contributed by atoms with van der Waals surface area (Å²) >= 11 is 0. The molecule has 0 unspecified atom stereocenters. The van der Waals surface area contributed by atoms with E-state index < -0.39 is 72.0 Å². The normalized spacial score (nSPS) is 24.4. The third-order valence-electron chi connectivity index (χ3n) is 8.72. The Kier molecular flexibility index (Phi) is 9.13. The van der Waals surface area contributed by atoms with E-state index in [4.69, 9.17) is 9.07 Å². The monoisotopic (exact) mass is 639 g/mol. The smallest absolute Gasteiger partial charge is 0.455 e. The number of carbonyl (C=O) groups is 2. The van der Waals surface area contributed by atoms with Gasteiger partial charge in [0.05, 0.1) is 34.8 Å². The minimum atomic E-state index is -5.15. The molecule has 0 saturated carbocycles. The first-order valence-electron chi connectivity index (χ1n) is 14.7. The predicted octanol–water partition coefficient (Wildman–Crippen LogP) is 6.79. The Morgan fingerprint density at radius 3 is 2.29 bits per heavy atom. The number of fused-ring (bicyclic) bond motifs is 3. The number of nitrogens with zero attached hydrogens (tertiary/aromatic N) is 1. The van der Waals surface area contributed by atoms with Gasteiger partial charge in [-0.1, -0.05) is 24.5 Å². The number of carbonyl (C=O) groups excluding carboxylic acids is 2. The maximum atomic E-state index is 13.9. The molecule has 7 nitrogen and oxygen atoms in total. The molecule has 0 bridgehead atoms.